The van der Waals surface area contributed by atoms with Crippen LogP contribution in [0.25, 0.3) is 0 Å². The van der Waals surface area contributed by atoms with Gasteiger partial charge in [0.05, 0.1) is 16.7 Å². The van der Waals surface area contributed by atoms with E-state index in [1.807, 2.05) is 13.0 Å². The lowest BCUT2D eigenvalue weighted by atomic mass is 9.98. The Labute approximate surface area is 155 Å². The summed E-state index contributed by atoms with van der Waals surface area (Å²) in [5.41, 5.74) is 1.65. The first-order valence-electron chi connectivity index (χ1n) is 8.35. The van der Waals surface area contributed by atoms with Gasteiger partial charge in [-0.25, -0.2) is 4.79 Å². The number of ketones is 1. The summed E-state index contributed by atoms with van der Waals surface area (Å²) >= 11 is 0. The number of hydrogen-bond acceptors (Lipinski definition) is 6. The van der Waals surface area contributed by atoms with Gasteiger partial charge in [-0.3, -0.25) is 4.79 Å². The van der Waals surface area contributed by atoms with Gasteiger partial charge < -0.3 is 25.0 Å². The van der Waals surface area contributed by atoms with Gasteiger partial charge in [0.1, 0.15) is 5.75 Å². The van der Waals surface area contributed by atoms with Crippen LogP contribution >= 0.6 is 0 Å². The van der Waals surface area contributed by atoms with Crippen molar-refractivity contribution in [1.82, 2.24) is 0 Å². The molecule has 0 aromatic heterocycles. The molecule has 0 saturated carbocycles. The molecule has 0 spiro atoms. The number of benzene rings is 2. The smallest absolute Gasteiger partial charge is 0.335 e. The summed E-state index contributed by atoms with van der Waals surface area (Å²) in [5, 5.41) is 23.6. The molecule has 2 aromatic rings. The Morgan fingerprint density at radius 1 is 1.33 bits per heavy atom. The number of aromatic carboxylic acids is 1. The number of carboxylic acid groups (broad SMARTS) is 1. The van der Waals surface area contributed by atoms with Gasteiger partial charge in [-0.15, -0.1) is 0 Å². The molecule has 27 heavy (non-hydrogen) atoms. The molecule has 0 radical (unpaired) electrons. The molecule has 1 aliphatic heterocycles. The van der Waals surface area contributed by atoms with Gasteiger partial charge in [0, 0.05) is 18.5 Å². The van der Waals surface area contributed by atoms with E-state index >= 15 is 0 Å². The Kier molecular flexibility index (Phi) is 5.14. The number of fused-ring (bicyclic) bond motifs is 1. The van der Waals surface area contributed by atoms with Crippen molar-refractivity contribution in [2.75, 3.05) is 11.9 Å². The van der Waals surface area contributed by atoms with Crippen molar-refractivity contribution in [3.63, 3.8) is 0 Å². The van der Waals surface area contributed by atoms with Gasteiger partial charge in [-0.05, 0) is 44.2 Å². The molecule has 140 valence electrons. The molecule has 0 aliphatic carbocycles. The zero-order valence-electron chi connectivity index (χ0n) is 14.8. The molecular weight excluding hydrogens is 350 g/mol. The van der Waals surface area contributed by atoms with Crippen LogP contribution in [0, 0.1) is 6.92 Å². The van der Waals surface area contributed by atoms with Crippen LogP contribution in [-0.4, -0.2) is 29.8 Å². The standard InChI is InChI=1S/C20H19NO6/c1-3-26-20-15(18(23)14-8-11(2)4-7-17(14)27-20)10-21-12-5-6-13(19(24)25)16(22)9-12/h4-10,20-22H,3H2,1-2H3,(H,24,25)/p-1/b15-10-/t20-/m0/s1. The Morgan fingerprint density at radius 3 is 2.78 bits per heavy atom. The molecule has 1 aliphatic rings. The van der Waals surface area contributed by atoms with Gasteiger partial charge in [-0.2, -0.15) is 0 Å². The number of rotatable bonds is 5. The van der Waals surface area contributed by atoms with Crippen LogP contribution in [0.1, 0.15) is 33.2 Å². The topological polar surface area (TPSA) is 108 Å². The maximum atomic E-state index is 12.9. The Balaban J connectivity index is 1.91. The second kappa shape index (κ2) is 7.51. The molecule has 3 rings (SSSR count). The van der Waals surface area contributed by atoms with E-state index in [4.69, 9.17) is 14.6 Å². The van der Waals surface area contributed by atoms with Crippen LogP contribution in [0.2, 0.25) is 0 Å². The molecule has 0 amide bonds. The minimum atomic E-state index is -1.29. The molecule has 7 nitrogen and oxygen atoms in total. The van der Waals surface area contributed by atoms with E-state index in [2.05, 4.69) is 5.32 Å². The summed E-state index contributed by atoms with van der Waals surface area (Å²) < 4.78 is 11.3. The summed E-state index contributed by atoms with van der Waals surface area (Å²) in [6.07, 6.45) is 0.540. The first kappa shape index (κ1) is 18.5. The molecule has 0 saturated heterocycles. The largest absolute Gasteiger partial charge is 0.872 e. The molecule has 0 bridgehead atoms. The van der Waals surface area contributed by atoms with Crippen molar-refractivity contribution >= 4 is 17.4 Å². The summed E-state index contributed by atoms with van der Waals surface area (Å²) in [6.45, 7) is 4.01. The Morgan fingerprint density at radius 2 is 2.11 bits per heavy atom. The Bertz CT molecular complexity index is 934. The van der Waals surface area contributed by atoms with E-state index < -0.39 is 18.0 Å². The van der Waals surface area contributed by atoms with Crippen molar-refractivity contribution in [2.45, 2.75) is 20.1 Å². The molecule has 2 N–H and O–H groups in total. The number of aryl methyl sites for hydroxylation is 1. The summed E-state index contributed by atoms with van der Waals surface area (Å²) in [4.78, 5) is 23.8. The minimum absolute atomic E-state index is 0.240. The maximum absolute atomic E-state index is 12.9. The number of Topliss-reactive ketones (excluding diaryl/α,β-unsaturated/α-hetero) is 1. The first-order valence-corrected chi connectivity index (χ1v) is 8.35. The highest BCUT2D eigenvalue weighted by molar-refractivity contribution is 6.12. The van der Waals surface area contributed by atoms with E-state index in [1.54, 1.807) is 19.1 Å². The molecule has 1 heterocycles. The van der Waals surface area contributed by atoms with E-state index in [9.17, 15) is 14.7 Å². The van der Waals surface area contributed by atoms with E-state index in [0.29, 0.717) is 23.6 Å². The fourth-order valence-corrected chi connectivity index (χ4v) is 2.72. The number of carboxylic acids is 1. The number of nitrogens with one attached hydrogen (secondary N) is 1. The van der Waals surface area contributed by atoms with Crippen LogP contribution in [0.5, 0.6) is 11.5 Å². The van der Waals surface area contributed by atoms with Gasteiger partial charge in [0.25, 0.3) is 0 Å². The van der Waals surface area contributed by atoms with Crippen molar-refractivity contribution in [1.29, 1.82) is 0 Å². The third-order valence-electron chi connectivity index (χ3n) is 4.05. The average Bonchev–Trinajstić information content (AvgIpc) is 2.62. The predicted molar refractivity (Wildman–Crippen MR) is 96.1 cm³/mol. The molecule has 1 atom stereocenters. The lowest BCUT2D eigenvalue weighted by Crippen LogP contribution is -2.33. The van der Waals surface area contributed by atoms with E-state index in [1.165, 1.54) is 18.3 Å². The van der Waals surface area contributed by atoms with E-state index in [0.717, 1.165) is 11.6 Å². The third-order valence-corrected chi connectivity index (χ3v) is 4.05. The van der Waals surface area contributed by atoms with Gasteiger partial charge >= 0.3 is 5.97 Å². The zero-order chi connectivity index (χ0) is 19.6. The second-order valence-electron chi connectivity index (χ2n) is 5.99. The number of carbonyl (C=O) groups excluding carboxylic acids is 1. The van der Waals surface area contributed by atoms with E-state index in [-0.39, 0.29) is 16.9 Å². The molecular formula is C20H18NO6-. The fraction of sp³-hybridized carbons (Fsp3) is 0.200. The highest BCUT2D eigenvalue weighted by Gasteiger charge is 2.32. The predicted octanol–water partition coefficient (Wildman–Crippen LogP) is 2.70. The minimum Gasteiger partial charge on any atom is -0.872 e. The van der Waals surface area contributed by atoms with Gasteiger partial charge in [0.15, 0.2) is 5.78 Å². The molecule has 0 unspecified atom stereocenters. The van der Waals surface area contributed by atoms with Gasteiger partial charge in [-0.1, -0.05) is 17.4 Å². The normalized spacial score (nSPS) is 17.3. The monoisotopic (exact) mass is 368 g/mol. The average molecular weight is 368 g/mol. The summed E-state index contributed by atoms with van der Waals surface area (Å²) in [7, 11) is 0. The lowest BCUT2D eigenvalue weighted by Gasteiger charge is -2.27. The second-order valence-corrected chi connectivity index (χ2v) is 5.99. The summed E-state index contributed by atoms with van der Waals surface area (Å²) in [5.74, 6) is -1.70. The highest BCUT2D eigenvalue weighted by atomic mass is 16.7. The SMILES string of the molecule is CCO[C@H]1Oc2ccc(C)cc2C(=O)/C1=C/Nc1ccc(C(=O)O)c([O-])c1. The van der Waals surface area contributed by atoms with Crippen LogP contribution in [0.15, 0.2) is 48.2 Å². The Hall–Kier alpha value is -3.32. The van der Waals surface area contributed by atoms with Crippen molar-refractivity contribution in [2.24, 2.45) is 0 Å². The molecule has 2 aromatic carbocycles. The summed E-state index contributed by atoms with van der Waals surface area (Å²) in [6, 6.07) is 9.13. The number of carbonyl (C=O) groups is 2. The zero-order valence-corrected chi connectivity index (χ0v) is 14.8. The van der Waals surface area contributed by atoms with Crippen molar-refractivity contribution < 1.29 is 29.3 Å². The van der Waals surface area contributed by atoms with Crippen LogP contribution in [-0.2, 0) is 4.74 Å². The number of ether oxygens (including phenoxy) is 2. The maximum Gasteiger partial charge on any atom is 0.335 e. The highest BCUT2D eigenvalue weighted by Crippen LogP contribution is 2.32. The number of hydrogen-bond donors (Lipinski definition) is 2. The molecule has 0 fully saturated rings. The van der Waals surface area contributed by atoms with Crippen LogP contribution in [0.3, 0.4) is 0 Å². The molecule has 7 heteroatoms. The van der Waals surface area contributed by atoms with Crippen molar-refractivity contribution in [3.05, 3.63) is 64.9 Å². The lowest BCUT2D eigenvalue weighted by molar-refractivity contribution is -0.268. The van der Waals surface area contributed by atoms with Crippen LogP contribution < -0.4 is 15.2 Å². The van der Waals surface area contributed by atoms with Crippen LogP contribution in [0.4, 0.5) is 5.69 Å². The van der Waals surface area contributed by atoms with Gasteiger partial charge in [0.2, 0.25) is 6.29 Å². The van der Waals surface area contributed by atoms with Crippen molar-refractivity contribution in [3.8, 4) is 11.5 Å². The quantitative estimate of drug-likeness (QED) is 0.781. The third kappa shape index (κ3) is 3.78. The fourth-order valence-electron chi connectivity index (χ4n) is 2.72. The number of anilines is 1. The first-order chi connectivity index (χ1) is 12.9.